The van der Waals surface area contributed by atoms with Crippen LogP contribution < -0.4 is 0 Å². The van der Waals surface area contributed by atoms with Gasteiger partial charge in [-0.1, -0.05) is 17.7 Å². The molecule has 2 aromatic rings. The molecule has 0 spiro atoms. The summed E-state index contributed by atoms with van der Waals surface area (Å²) in [4.78, 5) is 10.5. The highest BCUT2D eigenvalue weighted by Gasteiger charge is 2.12. The predicted octanol–water partition coefficient (Wildman–Crippen LogP) is 2.43. The summed E-state index contributed by atoms with van der Waals surface area (Å²) < 4.78 is 14.8. The second-order valence-corrected chi connectivity index (χ2v) is 3.82. The SMILES string of the molecule is O=C(O)Cn1cc(-c2c(F)cccc2Cl)cn1. The third-order valence-corrected chi connectivity index (χ3v) is 2.50. The van der Waals surface area contributed by atoms with Gasteiger partial charge in [-0.25, -0.2) is 4.39 Å². The topological polar surface area (TPSA) is 55.1 Å². The number of carbonyl (C=O) groups is 1. The summed E-state index contributed by atoms with van der Waals surface area (Å²) in [6.07, 6.45) is 2.83. The lowest BCUT2D eigenvalue weighted by atomic mass is 10.1. The maximum atomic E-state index is 13.6. The van der Waals surface area contributed by atoms with E-state index in [0.29, 0.717) is 5.56 Å². The Morgan fingerprint density at radius 3 is 2.94 bits per heavy atom. The standard InChI is InChI=1S/C11H8ClFN2O2/c12-8-2-1-3-9(13)11(8)7-4-14-15(5-7)6-10(16)17/h1-5H,6H2,(H,16,17). The largest absolute Gasteiger partial charge is 0.480 e. The fourth-order valence-corrected chi connectivity index (χ4v) is 1.76. The van der Waals surface area contributed by atoms with Crippen LogP contribution in [0.2, 0.25) is 5.02 Å². The van der Waals surface area contributed by atoms with Gasteiger partial charge in [0.25, 0.3) is 0 Å². The average Bonchev–Trinajstić information content (AvgIpc) is 2.65. The number of hydrogen-bond acceptors (Lipinski definition) is 2. The van der Waals surface area contributed by atoms with E-state index >= 15 is 0 Å². The molecule has 0 aliphatic heterocycles. The maximum Gasteiger partial charge on any atom is 0.325 e. The molecule has 1 aromatic heterocycles. The van der Waals surface area contributed by atoms with Crippen LogP contribution in [0.4, 0.5) is 4.39 Å². The zero-order valence-corrected chi connectivity index (χ0v) is 9.36. The third-order valence-electron chi connectivity index (χ3n) is 2.18. The van der Waals surface area contributed by atoms with Gasteiger partial charge < -0.3 is 5.11 Å². The monoisotopic (exact) mass is 254 g/mol. The van der Waals surface area contributed by atoms with Crippen LogP contribution >= 0.6 is 11.6 Å². The highest BCUT2D eigenvalue weighted by atomic mass is 35.5. The molecule has 0 unspecified atom stereocenters. The number of aromatic nitrogens is 2. The fraction of sp³-hybridized carbons (Fsp3) is 0.0909. The molecule has 1 aromatic carbocycles. The van der Waals surface area contributed by atoms with Gasteiger partial charge in [0.15, 0.2) is 0 Å². The molecule has 6 heteroatoms. The molecule has 2 rings (SSSR count). The van der Waals surface area contributed by atoms with E-state index in [0.717, 1.165) is 0 Å². The van der Waals surface area contributed by atoms with Crippen molar-refractivity contribution in [2.45, 2.75) is 6.54 Å². The Morgan fingerprint density at radius 2 is 2.29 bits per heavy atom. The Balaban J connectivity index is 2.40. The molecule has 88 valence electrons. The zero-order valence-electron chi connectivity index (χ0n) is 8.60. The van der Waals surface area contributed by atoms with Crippen molar-refractivity contribution in [1.29, 1.82) is 0 Å². The van der Waals surface area contributed by atoms with Gasteiger partial charge in [-0.05, 0) is 12.1 Å². The van der Waals surface area contributed by atoms with E-state index in [1.54, 1.807) is 6.07 Å². The minimum Gasteiger partial charge on any atom is -0.480 e. The van der Waals surface area contributed by atoms with Crippen LogP contribution in [0.1, 0.15) is 0 Å². The van der Waals surface area contributed by atoms with Crippen molar-refractivity contribution in [2.75, 3.05) is 0 Å². The van der Waals surface area contributed by atoms with E-state index in [-0.39, 0.29) is 17.1 Å². The lowest BCUT2D eigenvalue weighted by Gasteiger charge is -2.02. The van der Waals surface area contributed by atoms with Gasteiger partial charge in [-0.15, -0.1) is 0 Å². The second kappa shape index (κ2) is 4.55. The van der Waals surface area contributed by atoms with Crippen LogP contribution in [0.3, 0.4) is 0 Å². The quantitative estimate of drug-likeness (QED) is 0.915. The molecular formula is C11H8ClFN2O2. The molecule has 0 atom stereocenters. The summed E-state index contributed by atoms with van der Waals surface area (Å²) in [6, 6.07) is 4.35. The van der Waals surface area contributed by atoms with E-state index in [1.807, 2.05) is 0 Å². The summed E-state index contributed by atoms with van der Waals surface area (Å²) in [6.45, 7) is -0.272. The minimum atomic E-state index is -1.01. The maximum absolute atomic E-state index is 13.6. The summed E-state index contributed by atoms with van der Waals surface area (Å²) >= 11 is 5.89. The van der Waals surface area contributed by atoms with Gasteiger partial charge in [0, 0.05) is 17.3 Å². The molecule has 0 amide bonds. The number of nitrogens with zero attached hydrogens (tertiary/aromatic N) is 2. The number of rotatable bonds is 3. The first-order valence-electron chi connectivity index (χ1n) is 4.76. The smallest absolute Gasteiger partial charge is 0.325 e. The molecular weight excluding hydrogens is 247 g/mol. The van der Waals surface area contributed by atoms with Crippen molar-refractivity contribution in [3.8, 4) is 11.1 Å². The first-order valence-corrected chi connectivity index (χ1v) is 5.14. The first-order chi connectivity index (χ1) is 8.08. The summed E-state index contributed by atoms with van der Waals surface area (Å²) in [7, 11) is 0. The van der Waals surface area contributed by atoms with Crippen LogP contribution in [-0.4, -0.2) is 20.9 Å². The highest BCUT2D eigenvalue weighted by Crippen LogP contribution is 2.29. The third kappa shape index (κ3) is 2.45. The van der Waals surface area contributed by atoms with Crippen molar-refractivity contribution in [2.24, 2.45) is 0 Å². The van der Waals surface area contributed by atoms with Crippen molar-refractivity contribution in [3.63, 3.8) is 0 Å². The molecule has 17 heavy (non-hydrogen) atoms. The number of hydrogen-bond donors (Lipinski definition) is 1. The van der Waals surface area contributed by atoms with Crippen molar-refractivity contribution < 1.29 is 14.3 Å². The van der Waals surface area contributed by atoms with Crippen molar-refractivity contribution in [3.05, 3.63) is 41.4 Å². The van der Waals surface area contributed by atoms with Gasteiger partial charge in [-0.2, -0.15) is 5.10 Å². The lowest BCUT2D eigenvalue weighted by molar-refractivity contribution is -0.137. The lowest BCUT2D eigenvalue weighted by Crippen LogP contribution is -2.08. The highest BCUT2D eigenvalue weighted by molar-refractivity contribution is 6.33. The van der Waals surface area contributed by atoms with Gasteiger partial charge in [0.2, 0.25) is 0 Å². The van der Waals surface area contributed by atoms with Gasteiger partial charge >= 0.3 is 5.97 Å². The molecule has 0 saturated carbocycles. The normalized spacial score (nSPS) is 10.5. The number of carboxylic acids is 1. The molecule has 0 radical (unpaired) electrons. The van der Waals surface area contributed by atoms with Gasteiger partial charge in [0.1, 0.15) is 12.4 Å². The number of carboxylic acid groups (broad SMARTS) is 1. The van der Waals surface area contributed by atoms with E-state index in [4.69, 9.17) is 16.7 Å². The second-order valence-electron chi connectivity index (χ2n) is 3.42. The number of benzene rings is 1. The Bertz CT molecular complexity index is 548. The van der Waals surface area contributed by atoms with E-state index in [1.165, 1.54) is 29.2 Å². The summed E-state index contributed by atoms with van der Waals surface area (Å²) in [5, 5.41) is 12.7. The first kappa shape index (κ1) is 11.6. The molecule has 0 bridgehead atoms. The van der Waals surface area contributed by atoms with Crippen LogP contribution in [0.25, 0.3) is 11.1 Å². The molecule has 0 aliphatic rings. The minimum absolute atomic E-state index is 0.228. The zero-order chi connectivity index (χ0) is 12.4. The molecule has 0 aliphatic carbocycles. The summed E-state index contributed by atoms with van der Waals surface area (Å²) in [5.41, 5.74) is 0.681. The van der Waals surface area contributed by atoms with Crippen LogP contribution in [0.5, 0.6) is 0 Å². The van der Waals surface area contributed by atoms with Crippen LogP contribution in [-0.2, 0) is 11.3 Å². The Morgan fingerprint density at radius 1 is 1.53 bits per heavy atom. The van der Waals surface area contributed by atoms with E-state index in [9.17, 15) is 9.18 Å². The van der Waals surface area contributed by atoms with Crippen molar-refractivity contribution in [1.82, 2.24) is 9.78 Å². The van der Waals surface area contributed by atoms with E-state index in [2.05, 4.69) is 5.10 Å². The van der Waals surface area contributed by atoms with E-state index < -0.39 is 11.8 Å². The Hall–Kier alpha value is -1.88. The fourth-order valence-electron chi connectivity index (χ4n) is 1.49. The molecule has 1 heterocycles. The molecule has 0 saturated heterocycles. The van der Waals surface area contributed by atoms with Crippen LogP contribution in [0, 0.1) is 5.82 Å². The van der Waals surface area contributed by atoms with Crippen molar-refractivity contribution >= 4 is 17.6 Å². The number of aliphatic carboxylic acids is 1. The molecule has 1 N–H and O–H groups in total. The average molecular weight is 255 g/mol. The van der Waals surface area contributed by atoms with Gasteiger partial charge in [-0.3, -0.25) is 9.48 Å². The van der Waals surface area contributed by atoms with Crippen LogP contribution in [0.15, 0.2) is 30.6 Å². The molecule has 0 fully saturated rings. The number of halogens is 2. The Labute approximate surface area is 101 Å². The van der Waals surface area contributed by atoms with Gasteiger partial charge in [0.05, 0.1) is 11.2 Å². The molecule has 4 nitrogen and oxygen atoms in total. The predicted molar refractivity (Wildman–Crippen MR) is 60.3 cm³/mol. The summed E-state index contributed by atoms with van der Waals surface area (Å²) in [5.74, 6) is -1.48. The Kier molecular flexibility index (Phi) is 3.10.